The summed E-state index contributed by atoms with van der Waals surface area (Å²) in [6.45, 7) is 1.56. The fourth-order valence-electron chi connectivity index (χ4n) is 3.74. The predicted octanol–water partition coefficient (Wildman–Crippen LogP) is 2.05. The number of halogens is 1. The first-order valence-corrected chi connectivity index (χ1v) is 7.81. The lowest BCUT2D eigenvalue weighted by atomic mass is 10.1. The molecule has 3 unspecified atom stereocenters. The number of carbonyl (C=O) groups is 1. The van der Waals surface area contributed by atoms with Gasteiger partial charge in [0.25, 0.3) is 0 Å². The van der Waals surface area contributed by atoms with Gasteiger partial charge in [0.1, 0.15) is 6.04 Å². The van der Waals surface area contributed by atoms with Crippen LogP contribution in [0.15, 0.2) is 12.1 Å². The van der Waals surface area contributed by atoms with E-state index >= 15 is 0 Å². The SMILES string of the molecule is NC1C(=O)Nc2cc(N3CCOC4CCCC43)c(Cl)cc21. The first kappa shape index (κ1) is 13.4. The third-order valence-corrected chi connectivity index (χ3v) is 5.09. The minimum atomic E-state index is -0.615. The van der Waals surface area contributed by atoms with Crippen LogP contribution in [0.2, 0.25) is 5.02 Å². The first-order chi connectivity index (χ1) is 10.1. The summed E-state index contributed by atoms with van der Waals surface area (Å²) in [6, 6.07) is 3.56. The van der Waals surface area contributed by atoms with Crippen LogP contribution in [0.3, 0.4) is 0 Å². The number of hydrogen-bond donors (Lipinski definition) is 2. The summed E-state index contributed by atoms with van der Waals surface area (Å²) in [6.07, 6.45) is 3.74. The Labute approximate surface area is 128 Å². The van der Waals surface area contributed by atoms with Crippen LogP contribution in [-0.4, -0.2) is 31.2 Å². The monoisotopic (exact) mass is 307 g/mol. The molecule has 3 aliphatic rings. The van der Waals surface area contributed by atoms with Crippen LogP contribution < -0.4 is 16.0 Å². The summed E-state index contributed by atoms with van der Waals surface area (Å²) in [5, 5.41) is 3.49. The zero-order chi connectivity index (χ0) is 14.6. The van der Waals surface area contributed by atoms with E-state index in [4.69, 9.17) is 22.1 Å². The molecule has 1 amide bonds. The molecule has 6 heteroatoms. The van der Waals surface area contributed by atoms with Gasteiger partial charge in [-0.1, -0.05) is 11.6 Å². The average Bonchev–Trinajstić information content (AvgIpc) is 3.05. The Morgan fingerprint density at radius 2 is 2.24 bits per heavy atom. The normalized spacial score (nSPS) is 31.0. The van der Waals surface area contributed by atoms with Crippen molar-refractivity contribution < 1.29 is 9.53 Å². The summed E-state index contributed by atoms with van der Waals surface area (Å²) in [5.74, 6) is -0.168. The predicted molar refractivity (Wildman–Crippen MR) is 81.7 cm³/mol. The van der Waals surface area contributed by atoms with Gasteiger partial charge < -0.3 is 20.7 Å². The second-order valence-corrected chi connectivity index (χ2v) is 6.37. The lowest BCUT2D eigenvalue weighted by Crippen LogP contribution is -2.48. The van der Waals surface area contributed by atoms with Crippen molar-refractivity contribution in [2.75, 3.05) is 23.4 Å². The fourth-order valence-corrected chi connectivity index (χ4v) is 4.02. The van der Waals surface area contributed by atoms with E-state index in [9.17, 15) is 4.79 Å². The van der Waals surface area contributed by atoms with Crippen molar-refractivity contribution in [1.82, 2.24) is 0 Å². The molecule has 0 bridgehead atoms. The van der Waals surface area contributed by atoms with Crippen LogP contribution in [0.4, 0.5) is 11.4 Å². The smallest absolute Gasteiger partial charge is 0.245 e. The molecule has 0 spiro atoms. The van der Waals surface area contributed by atoms with Gasteiger partial charge in [0.05, 0.1) is 29.5 Å². The summed E-state index contributed by atoms with van der Waals surface area (Å²) in [7, 11) is 0. The Balaban J connectivity index is 1.72. The molecule has 0 aromatic heterocycles. The second kappa shape index (κ2) is 4.87. The number of morpholine rings is 1. The van der Waals surface area contributed by atoms with Crippen LogP contribution in [0, 0.1) is 0 Å². The maximum absolute atomic E-state index is 11.7. The number of nitrogens with zero attached hydrogens (tertiary/aromatic N) is 1. The fraction of sp³-hybridized carbons (Fsp3) is 0.533. The van der Waals surface area contributed by atoms with Crippen LogP contribution in [0.5, 0.6) is 0 Å². The van der Waals surface area contributed by atoms with E-state index in [1.54, 1.807) is 0 Å². The van der Waals surface area contributed by atoms with E-state index in [0.717, 1.165) is 42.9 Å². The summed E-state index contributed by atoms with van der Waals surface area (Å²) < 4.78 is 5.85. The highest BCUT2D eigenvalue weighted by Gasteiger charge is 2.38. The maximum Gasteiger partial charge on any atom is 0.245 e. The molecule has 4 rings (SSSR count). The molecule has 1 saturated carbocycles. The van der Waals surface area contributed by atoms with E-state index in [-0.39, 0.29) is 5.91 Å². The highest BCUT2D eigenvalue weighted by molar-refractivity contribution is 6.33. The van der Waals surface area contributed by atoms with Gasteiger partial charge in [-0.3, -0.25) is 4.79 Å². The Morgan fingerprint density at radius 3 is 3.10 bits per heavy atom. The largest absolute Gasteiger partial charge is 0.374 e. The Morgan fingerprint density at radius 1 is 1.38 bits per heavy atom. The molecule has 1 aromatic rings. The minimum absolute atomic E-state index is 0.168. The number of ether oxygens (including phenoxy) is 1. The van der Waals surface area contributed by atoms with Crippen molar-refractivity contribution in [2.24, 2.45) is 5.73 Å². The zero-order valence-corrected chi connectivity index (χ0v) is 12.4. The third-order valence-electron chi connectivity index (χ3n) is 4.79. The van der Waals surface area contributed by atoms with Crippen molar-refractivity contribution in [3.8, 4) is 0 Å². The van der Waals surface area contributed by atoms with Gasteiger partial charge in [-0.2, -0.15) is 0 Å². The van der Waals surface area contributed by atoms with Crippen molar-refractivity contribution in [2.45, 2.75) is 37.5 Å². The molecule has 21 heavy (non-hydrogen) atoms. The molecule has 2 aliphatic heterocycles. The van der Waals surface area contributed by atoms with Crippen molar-refractivity contribution in [1.29, 1.82) is 0 Å². The minimum Gasteiger partial charge on any atom is -0.374 e. The molecule has 2 heterocycles. The molecule has 3 N–H and O–H groups in total. The third kappa shape index (κ3) is 2.03. The van der Waals surface area contributed by atoms with Gasteiger partial charge in [0.15, 0.2) is 0 Å². The highest BCUT2D eigenvalue weighted by atomic mass is 35.5. The van der Waals surface area contributed by atoms with Crippen molar-refractivity contribution in [3.05, 3.63) is 22.7 Å². The molecule has 5 nitrogen and oxygen atoms in total. The molecule has 2 fully saturated rings. The summed E-state index contributed by atoms with van der Waals surface area (Å²) in [4.78, 5) is 14.0. The number of amides is 1. The Bertz CT molecular complexity index is 607. The standard InChI is InChI=1S/C15H18ClN3O2/c16-9-6-8-10(18-15(20)14(8)17)7-12(9)19-4-5-21-13-3-1-2-11(13)19/h6-7,11,13-14H,1-5,17H2,(H,18,20). The van der Waals surface area contributed by atoms with E-state index in [1.807, 2.05) is 12.1 Å². The quantitative estimate of drug-likeness (QED) is 0.833. The number of rotatable bonds is 1. The topological polar surface area (TPSA) is 67.6 Å². The molecule has 3 atom stereocenters. The van der Waals surface area contributed by atoms with Gasteiger partial charge in [-0.05, 0) is 31.4 Å². The van der Waals surface area contributed by atoms with Crippen LogP contribution >= 0.6 is 11.6 Å². The average molecular weight is 308 g/mol. The van der Waals surface area contributed by atoms with Crippen molar-refractivity contribution in [3.63, 3.8) is 0 Å². The van der Waals surface area contributed by atoms with Gasteiger partial charge >= 0.3 is 0 Å². The molecule has 1 aromatic carbocycles. The van der Waals surface area contributed by atoms with E-state index in [1.165, 1.54) is 6.42 Å². The lowest BCUT2D eigenvalue weighted by Gasteiger charge is -2.40. The van der Waals surface area contributed by atoms with Crippen LogP contribution in [0.25, 0.3) is 0 Å². The van der Waals surface area contributed by atoms with Crippen LogP contribution in [0.1, 0.15) is 30.9 Å². The molecule has 0 radical (unpaired) electrons. The summed E-state index contributed by atoms with van der Waals surface area (Å²) in [5.41, 5.74) is 8.41. The first-order valence-electron chi connectivity index (χ1n) is 7.43. The zero-order valence-electron chi connectivity index (χ0n) is 11.6. The number of benzene rings is 1. The number of fused-ring (bicyclic) bond motifs is 2. The Kier molecular flexibility index (Phi) is 3.10. The van der Waals surface area contributed by atoms with Gasteiger partial charge in [0, 0.05) is 17.8 Å². The summed E-state index contributed by atoms with van der Waals surface area (Å²) >= 11 is 6.47. The number of carbonyl (C=O) groups excluding carboxylic acids is 1. The molecule has 1 aliphatic carbocycles. The van der Waals surface area contributed by atoms with Gasteiger partial charge in [-0.25, -0.2) is 0 Å². The van der Waals surface area contributed by atoms with E-state index in [2.05, 4.69) is 10.2 Å². The number of nitrogens with one attached hydrogen (secondary N) is 1. The van der Waals surface area contributed by atoms with Gasteiger partial charge in [0.2, 0.25) is 5.91 Å². The molecule has 1 saturated heterocycles. The van der Waals surface area contributed by atoms with Crippen LogP contribution in [-0.2, 0) is 9.53 Å². The van der Waals surface area contributed by atoms with Gasteiger partial charge in [-0.15, -0.1) is 0 Å². The van der Waals surface area contributed by atoms with E-state index in [0.29, 0.717) is 17.2 Å². The van der Waals surface area contributed by atoms with E-state index < -0.39 is 6.04 Å². The second-order valence-electron chi connectivity index (χ2n) is 5.96. The maximum atomic E-state index is 11.7. The number of anilines is 2. The lowest BCUT2D eigenvalue weighted by molar-refractivity contribution is -0.116. The Hall–Kier alpha value is -1.30. The number of nitrogens with two attached hydrogens (primary N) is 1. The van der Waals surface area contributed by atoms with Crippen molar-refractivity contribution >= 4 is 28.9 Å². The molecular formula is C15H18ClN3O2. The molecule has 112 valence electrons. The highest BCUT2D eigenvalue weighted by Crippen LogP contribution is 2.41. The molecular weight excluding hydrogens is 290 g/mol. The number of hydrogen-bond acceptors (Lipinski definition) is 4.